The maximum absolute atomic E-state index is 11.7. The van der Waals surface area contributed by atoms with E-state index >= 15 is 0 Å². The molecule has 4 unspecified atom stereocenters. The highest BCUT2D eigenvalue weighted by atomic mass is 16.5. The fraction of sp³-hybridized carbons (Fsp3) is 0.972. The number of carbonyl (C=O) groups excluding carboxylic acids is 1. The molecule has 0 saturated heterocycles. The highest BCUT2D eigenvalue weighted by Gasteiger charge is 2.60. The Morgan fingerprint density at radius 3 is 2.45 bits per heavy atom. The molecule has 4 aliphatic rings. The van der Waals surface area contributed by atoms with Crippen LogP contribution in [0.3, 0.4) is 0 Å². The minimum atomic E-state index is -0.446. The largest absolute Gasteiger partial charge is 0.466 e. The van der Waals surface area contributed by atoms with Gasteiger partial charge in [0.2, 0.25) is 0 Å². The first-order valence-corrected chi connectivity index (χ1v) is 18.1. The molecule has 11 atom stereocenters. The van der Waals surface area contributed by atoms with Gasteiger partial charge in [0.05, 0.1) is 12.7 Å². The number of fused-ring (bicyclic) bond motifs is 5. The lowest BCUT2D eigenvalue weighted by atomic mass is 9.44. The van der Waals surface area contributed by atoms with Crippen LogP contribution < -0.4 is 16.4 Å². The Hall–Kier alpha value is -0.690. The summed E-state index contributed by atoms with van der Waals surface area (Å²) in [6, 6.07) is 0.0620. The lowest BCUT2D eigenvalue weighted by Crippen LogP contribution is -2.55. The van der Waals surface area contributed by atoms with Crippen LogP contribution in [-0.2, 0) is 9.53 Å². The predicted octanol–water partition coefficient (Wildman–Crippen LogP) is 6.30. The Bertz CT molecular complexity index is 840. The Labute approximate surface area is 258 Å². The molecule has 42 heavy (non-hydrogen) atoms. The van der Waals surface area contributed by atoms with E-state index in [-0.39, 0.29) is 17.9 Å². The predicted molar refractivity (Wildman–Crippen MR) is 173 cm³/mol. The summed E-state index contributed by atoms with van der Waals surface area (Å²) in [5, 5.41) is 19.1. The molecule has 0 amide bonds. The first-order valence-electron chi connectivity index (χ1n) is 18.1. The van der Waals surface area contributed by atoms with Crippen molar-refractivity contribution in [3.8, 4) is 0 Å². The molecule has 0 spiro atoms. The van der Waals surface area contributed by atoms with Crippen molar-refractivity contribution in [3.05, 3.63) is 0 Å². The van der Waals surface area contributed by atoms with Crippen LogP contribution in [0.1, 0.15) is 125 Å². The van der Waals surface area contributed by atoms with E-state index in [0.717, 1.165) is 69.1 Å². The number of carbonyl (C=O) groups is 1. The van der Waals surface area contributed by atoms with Crippen molar-refractivity contribution in [3.63, 3.8) is 0 Å². The Morgan fingerprint density at radius 2 is 1.69 bits per heavy atom. The zero-order valence-electron chi connectivity index (χ0n) is 28.0. The average molecular weight is 590 g/mol. The van der Waals surface area contributed by atoms with E-state index in [1.54, 1.807) is 0 Å². The highest BCUT2D eigenvalue weighted by molar-refractivity contribution is 5.65. The Kier molecular flexibility index (Phi) is 12.7. The summed E-state index contributed by atoms with van der Waals surface area (Å²) in [6.45, 7) is 15.4. The summed E-state index contributed by atoms with van der Waals surface area (Å²) < 4.78 is 5.29. The van der Waals surface area contributed by atoms with Gasteiger partial charge in [-0.2, -0.15) is 0 Å². The normalized spacial score (nSPS) is 37.2. The molecule has 5 N–H and O–H groups in total. The van der Waals surface area contributed by atoms with E-state index in [2.05, 4.69) is 38.3 Å². The Morgan fingerprint density at radius 1 is 0.929 bits per heavy atom. The van der Waals surface area contributed by atoms with Crippen molar-refractivity contribution >= 4 is 5.97 Å². The lowest BCUT2D eigenvalue weighted by Gasteiger charge is -2.61. The maximum Gasteiger partial charge on any atom is 0.302 e. The summed E-state index contributed by atoms with van der Waals surface area (Å²) in [5.74, 6) is 4.61. The van der Waals surface area contributed by atoms with E-state index in [9.17, 15) is 9.90 Å². The zero-order chi connectivity index (χ0) is 30.3. The van der Waals surface area contributed by atoms with Crippen LogP contribution >= 0.6 is 0 Å². The Balaban J connectivity index is 1.41. The van der Waals surface area contributed by atoms with Crippen molar-refractivity contribution in [2.45, 2.75) is 137 Å². The number of ether oxygens (including phenoxy) is 1. The van der Waals surface area contributed by atoms with Gasteiger partial charge in [0, 0.05) is 13.0 Å². The van der Waals surface area contributed by atoms with Crippen molar-refractivity contribution in [2.24, 2.45) is 58.0 Å². The van der Waals surface area contributed by atoms with Crippen LogP contribution in [0.15, 0.2) is 0 Å². The molecule has 4 fully saturated rings. The highest BCUT2D eigenvalue weighted by Crippen LogP contribution is 2.68. The molecule has 0 radical (unpaired) electrons. The van der Waals surface area contributed by atoms with E-state index in [1.165, 1.54) is 71.1 Å². The molecule has 0 aromatic rings. The number of hydrogen-bond donors (Lipinski definition) is 4. The van der Waals surface area contributed by atoms with Gasteiger partial charge < -0.3 is 26.2 Å². The number of nitrogens with one attached hydrogen (secondary N) is 2. The molecular formula is C36H67N3O3. The number of aliphatic hydroxyl groups is 1. The fourth-order valence-electron chi connectivity index (χ4n) is 11.0. The SMILES string of the molecule is CC(=O)OCC(C)CC(O)C(NCCCNCCCCN)[C@@H](C)[C@H]1CC[C@H]2[C@@H]3CCC4CCCC[C@]4(C)[C@H]3CC[C@]12C. The van der Waals surface area contributed by atoms with Gasteiger partial charge in [0.15, 0.2) is 0 Å². The molecular weight excluding hydrogens is 522 g/mol. The fourth-order valence-corrected chi connectivity index (χ4v) is 11.0. The monoisotopic (exact) mass is 590 g/mol. The molecule has 4 aliphatic carbocycles. The molecule has 0 aromatic carbocycles. The third kappa shape index (κ3) is 7.74. The number of hydrogen-bond acceptors (Lipinski definition) is 6. The van der Waals surface area contributed by atoms with Gasteiger partial charge in [-0.3, -0.25) is 4.79 Å². The topological polar surface area (TPSA) is 96.6 Å². The van der Waals surface area contributed by atoms with E-state index < -0.39 is 6.10 Å². The number of rotatable bonds is 16. The van der Waals surface area contributed by atoms with Crippen LogP contribution in [0.2, 0.25) is 0 Å². The van der Waals surface area contributed by atoms with Crippen LogP contribution in [0, 0.1) is 52.3 Å². The van der Waals surface area contributed by atoms with Crippen molar-refractivity contribution in [1.29, 1.82) is 0 Å². The molecule has 0 aliphatic heterocycles. The van der Waals surface area contributed by atoms with Crippen LogP contribution in [0.25, 0.3) is 0 Å². The minimum Gasteiger partial charge on any atom is -0.466 e. The summed E-state index contributed by atoms with van der Waals surface area (Å²) in [6.07, 6.45) is 17.7. The van der Waals surface area contributed by atoms with Gasteiger partial charge in [-0.1, -0.05) is 40.5 Å². The zero-order valence-corrected chi connectivity index (χ0v) is 28.0. The number of nitrogens with two attached hydrogens (primary N) is 1. The first kappa shape index (κ1) is 34.2. The number of unbranched alkanes of at least 4 members (excludes halogenated alkanes) is 1. The quantitative estimate of drug-likeness (QED) is 0.125. The molecule has 4 saturated carbocycles. The average Bonchev–Trinajstić information content (AvgIpc) is 3.32. The first-order chi connectivity index (χ1) is 20.1. The smallest absolute Gasteiger partial charge is 0.302 e. The second-order valence-corrected chi connectivity index (χ2v) is 15.8. The number of esters is 1. The van der Waals surface area contributed by atoms with E-state index in [1.807, 2.05) is 0 Å². The van der Waals surface area contributed by atoms with Gasteiger partial charge in [-0.25, -0.2) is 0 Å². The van der Waals surface area contributed by atoms with Gasteiger partial charge in [0.1, 0.15) is 0 Å². The maximum atomic E-state index is 11.7. The van der Waals surface area contributed by atoms with Crippen molar-refractivity contribution in [1.82, 2.24) is 10.6 Å². The van der Waals surface area contributed by atoms with Gasteiger partial charge in [-0.05, 0) is 155 Å². The third-order valence-corrected chi connectivity index (χ3v) is 13.2. The third-order valence-electron chi connectivity index (χ3n) is 13.2. The lowest BCUT2D eigenvalue weighted by molar-refractivity contribution is -0.142. The molecule has 4 rings (SSSR count). The number of aliphatic hydroxyl groups excluding tert-OH is 1. The van der Waals surface area contributed by atoms with Crippen LogP contribution in [0.4, 0.5) is 0 Å². The van der Waals surface area contributed by atoms with Gasteiger partial charge in [0.25, 0.3) is 0 Å². The standard InChI is InChI=1S/C36H67N3O3/c1-25(24-42-27(3)40)23-33(41)34(39-22-10-21-38-20-9-8-19-37)26(2)30-14-15-31-29-13-12-28-11-6-7-17-35(28,4)32(29)16-18-36(30,31)5/h25-26,28-34,38-39,41H,6-24,37H2,1-5H3/t25?,26-,28?,29-,30+,31-,32-,33?,34?,35-,36+/m0/s1. The van der Waals surface area contributed by atoms with E-state index in [0.29, 0.717) is 35.7 Å². The summed E-state index contributed by atoms with van der Waals surface area (Å²) in [7, 11) is 0. The van der Waals surface area contributed by atoms with Gasteiger partial charge in [-0.15, -0.1) is 0 Å². The van der Waals surface area contributed by atoms with Crippen LogP contribution in [0.5, 0.6) is 0 Å². The van der Waals surface area contributed by atoms with Crippen molar-refractivity contribution in [2.75, 3.05) is 32.8 Å². The van der Waals surface area contributed by atoms with Crippen molar-refractivity contribution < 1.29 is 14.6 Å². The molecule has 6 nitrogen and oxygen atoms in total. The molecule has 0 bridgehead atoms. The molecule has 6 heteroatoms. The minimum absolute atomic E-state index is 0.0620. The second kappa shape index (κ2) is 15.5. The second-order valence-electron chi connectivity index (χ2n) is 15.8. The summed E-state index contributed by atoms with van der Waals surface area (Å²) in [4.78, 5) is 11.4. The van der Waals surface area contributed by atoms with Gasteiger partial charge >= 0.3 is 5.97 Å². The molecule has 244 valence electrons. The van der Waals surface area contributed by atoms with Crippen LogP contribution in [-0.4, -0.2) is 56.0 Å². The van der Waals surface area contributed by atoms with E-state index in [4.69, 9.17) is 10.5 Å². The molecule has 0 heterocycles. The summed E-state index contributed by atoms with van der Waals surface area (Å²) in [5.41, 5.74) is 6.60. The molecule has 0 aromatic heterocycles. The summed E-state index contributed by atoms with van der Waals surface area (Å²) >= 11 is 0.